The predicted molar refractivity (Wildman–Crippen MR) is 139 cm³/mol. The maximum absolute atomic E-state index is 12.8. The van der Waals surface area contributed by atoms with Crippen LogP contribution < -0.4 is 16.0 Å². The van der Waals surface area contributed by atoms with Crippen molar-refractivity contribution in [3.05, 3.63) is 35.4 Å². The zero-order valence-electron chi connectivity index (χ0n) is 19.4. The predicted octanol–water partition coefficient (Wildman–Crippen LogP) is 3.29. The third-order valence-electron chi connectivity index (χ3n) is 6.20. The summed E-state index contributed by atoms with van der Waals surface area (Å²) in [7, 11) is 1.75. The Balaban J connectivity index is 0.00000363. The minimum Gasteiger partial charge on any atom is -0.352 e. The summed E-state index contributed by atoms with van der Waals surface area (Å²) in [6.07, 6.45) is 7.58. The Hall–Kier alpha value is -1.84. The fourth-order valence-corrected chi connectivity index (χ4v) is 4.42. The molecule has 2 aliphatic rings. The van der Waals surface area contributed by atoms with Gasteiger partial charge in [0.05, 0.1) is 0 Å². The summed E-state index contributed by atoms with van der Waals surface area (Å²) >= 11 is 0. The maximum Gasteiger partial charge on any atom is 0.251 e. The van der Waals surface area contributed by atoms with Crippen molar-refractivity contribution < 1.29 is 9.59 Å². The van der Waals surface area contributed by atoms with Gasteiger partial charge in [0, 0.05) is 50.7 Å². The van der Waals surface area contributed by atoms with Gasteiger partial charge in [0.1, 0.15) is 0 Å². The number of rotatable bonds is 7. The number of nitrogens with zero attached hydrogens (tertiary/aromatic N) is 2. The second-order valence-electron chi connectivity index (χ2n) is 8.63. The molecule has 1 saturated carbocycles. The number of guanidine groups is 1. The van der Waals surface area contributed by atoms with Crippen LogP contribution in [0.25, 0.3) is 0 Å². The number of halogens is 1. The van der Waals surface area contributed by atoms with E-state index >= 15 is 0 Å². The Morgan fingerprint density at radius 3 is 2.62 bits per heavy atom. The molecule has 2 amide bonds. The summed E-state index contributed by atoms with van der Waals surface area (Å²) in [4.78, 5) is 31.3. The van der Waals surface area contributed by atoms with Crippen LogP contribution in [-0.4, -0.2) is 55.4 Å². The van der Waals surface area contributed by atoms with Crippen molar-refractivity contribution in [2.75, 3.05) is 26.7 Å². The molecular formula is C24H38IN5O2. The Kier molecular flexibility index (Phi) is 11.3. The highest BCUT2D eigenvalue weighted by atomic mass is 127. The van der Waals surface area contributed by atoms with Gasteiger partial charge in [-0.15, -0.1) is 24.0 Å². The average molecular weight is 556 g/mol. The zero-order valence-corrected chi connectivity index (χ0v) is 21.7. The van der Waals surface area contributed by atoms with E-state index in [4.69, 9.17) is 0 Å². The summed E-state index contributed by atoms with van der Waals surface area (Å²) in [6, 6.07) is 7.85. The normalized spacial score (nSPS) is 19.2. The van der Waals surface area contributed by atoms with Gasteiger partial charge in [-0.25, -0.2) is 0 Å². The van der Waals surface area contributed by atoms with E-state index in [0.29, 0.717) is 24.6 Å². The fourth-order valence-electron chi connectivity index (χ4n) is 4.42. The molecule has 7 nitrogen and oxygen atoms in total. The number of carbonyl (C=O) groups is 2. The van der Waals surface area contributed by atoms with Gasteiger partial charge in [0.2, 0.25) is 5.91 Å². The molecule has 0 bridgehead atoms. The topological polar surface area (TPSA) is 85.8 Å². The number of likely N-dealkylation sites (tertiary alicyclic amines) is 1. The molecule has 1 atom stereocenters. The van der Waals surface area contributed by atoms with E-state index in [1.165, 1.54) is 19.3 Å². The molecular weight excluding hydrogens is 517 g/mol. The molecule has 32 heavy (non-hydrogen) atoms. The van der Waals surface area contributed by atoms with Crippen LogP contribution >= 0.6 is 24.0 Å². The lowest BCUT2D eigenvalue weighted by Gasteiger charge is -2.26. The third kappa shape index (κ3) is 7.64. The molecule has 3 rings (SSSR count). The van der Waals surface area contributed by atoms with Crippen molar-refractivity contribution in [3.63, 3.8) is 0 Å². The molecule has 1 aromatic rings. The first-order chi connectivity index (χ1) is 15.1. The number of carbonyl (C=O) groups excluding carboxylic acids is 2. The van der Waals surface area contributed by atoms with Crippen LogP contribution in [0.5, 0.6) is 0 Å². The Labute approximate surface area is 209 Å². The minimum atomic E-state index is -0.0418. The van der Waals surface area contributed by atoms with Gasteiger partial charge in [-0.2, -0.15) is 0 Å². The van der Waals surface area contributed by atoms with Crippen LogP contribution in [0.3, 0.4) is 0 Å². The molecule has 0 aromatic heterocycles. The van der Waals surface area contributed by atoms with Crippen molar-refractivity contribution in [2.24, 2.45) is 10.9 Å². The van der Waals surface area contributed by atoms with E-state index in [1.54, 1.807) is 7.05 Å². The molecule has 1 unspecified atom stereocenters. The standard InChI is InChI=1S/C24H37N5O2.HI/c1-3-13-26-22(30)20-11-7-8-18(15-20)16-27-24(25-2)28-21-12-14-29(17-21)23(31)19-9-5-4-6-10-19;/h7-8,11,15,19,21H,3-6,9-10,12-14,16-17H2,1-2H3,(H,26,30)(H2,25,27,28);1H. The maximum atomic E-state index is 12.8. The van der Waals surface area contributed by atoms with Crippen molar-refractivity contribution in [3.8, 4) is 0 Å². The second-order valence-corrected chi connectivity index (χ2v) is 8.63. The van der Waals surface area contributed by atoms with Crippen molar-refractivity contribution in [1.82, 2.24) is 20.9 Å². The fraction of sp³-hybridized carbons (Fsp3) is 0.625. The molecule has 0 spiro atoms. The highest BCUT2D eigenvalue weighted by molar-refractivity contribution is 14.0. The number of aliphatic imine (C=N–C) groups is 1. The number of benzene rings is 1. The molecule has 0 radical (unpaired) electrons. The number of hydrogen-bond donors (Lipinski definition) is 3. The third-order valence-corrected chi connectivity index (χ3v) is 6.20. The van der Waals surface area contributed by atoms with Crippen LogP contribution in [-0.2, 0) is 11.3 Å². The SMILES string of the molecule is CCCNC(=O)c1cccc(CNC(=NC)NC2CCN(C(=O)C3CCCCC3)C2)c1.I. The quantitative estimate of drug-likeness (QED) is 0.274. The van der Waals surface area contributed by atoms with E-state index in [2.05, 4.69) is 20.9 Å². The van der Waals surface area contributed by atoms with Crippen LogP contribution in [0.4, 0.5) is 0 Å². The van der Waals surface area contributed by atoms with Gasteiger partial charge >= 0.3 is 0 Å². The van der Waals surface area contributed by atoms with Crippen LogP contribution in [0.15, 0.2) is 29.3 Å². The summed E-state index contributed by atoms with van der Waals surface area (Å²) < 4.78 is 0. The first-order valence-corrected chi connectivity index (χ1v) is 11.7. The van der Waals surface area contributed by atoms with Gasteiger partial charge in [-0.05, 0) is 43.4 Å². The molecule has 1 heterocycles. The molecule has 1 aliphatic heterocycles. The molecule has 1 saturated heterocycles. The van der Waals surface area contributed by atoms with E-state index in [9.17, 15) is 9.59 Å². The van der Waals surface area contributed by atoms with Crippen molar-refractivity contribution in [1.29, 1.82) is 0 Å². The first kappa shape index (κ1) is 26.4. The highest BCUT2D eigenvalue weighted by Crippen LogP contribution is 2.26. The van der Waals surface area contributed by atoms with E-state index < -0.39 is 0 Å². The highest BCUT2D eigenvalue weighted by Gasteiger charge is 2.31. The summed E-state index contributed by atoms with van der Waals surface area (Å²) in [5.41, 5.74) is 1.69. The average Bonchev–Trinajstić information content (AvgIpc) is 3.29. The second kappa shape index (κ2) is 13.6. The van der Waals surface area contributed by atoms with Crippen LogP contribution in [0.2, 0.25) is 0 Å². The largest absolute Gasteiger partial charge is 0.352 e. The summed E-state index contributed by atoms with van der Waals surface area (Å²) in [6.45, 7) is 4.85. The molecule has 2 fully saturated rings. The van der Waals surface area contributed by atoms with E-state index in [0.717, 1.165) is 50.3 Å². The Bertz CT molecular complexity index is 779. The van der Waals surface area contributed by atoms with E-state index in [-0.39, 0.29) is 41.8 Å². The lowest BCUT2D eigenvalue weighted by Crippen LogP contribution is -2.45. The monoisotopic (exact) mass is 555 g/mol. The molecule has 8 heteroatoms. The van der Waals surface area contributed by atoms with E-state index in [1.807, 2.05) is 36.1 Å². The smallest absolute Gasteiger partial charge is 0.251 e. The van der Waals surface area contributed by atoms with Crippen molar-refractivity contribution >= 4 is 41.8 Å². The van der Waals surface area contributed by atoms with Gasteiger partial charge in [-0.1, -0.05) is 38.3 Å². The summed E-state index contributed by atoms with van der Waals surface area (Å²) in [5.74, 6) is 1.24. The van der Waals surface area contributed by atoms with Gasteiger partial charge in [0.25, 0.3) is 5.91 Å². The Morgan fingerprint density at radius 1 is 1.12 bits per heavy atom. The van der Waals surface area contributed by atoms with Crippen LogP contribution in [0, 0.1) is 5.92 Å². The Morgan fingerprint density at radius 2 is 1.91 bits per heavy atom. The molecule has 3 N–H and O–H groups in total. The molecule has 1 aliphatic carbocycles. The van der Waals surface area contributed by atoms with Gasteiger partial charge in [0.15, 0.2) is 5.96 Å². The lowest BCUT2D eigenvalue weighted by molar-refractivity contribution is -0.135. The van der Waals surface area contributed by atoms with Gasteiger partial charge in [-0.3, -0.25) is 14.6 Å². The number of nitrogens with one attached hydrogen (secondary N) is 3. The lowest BCUT2D eigenvalue weighted by atomic mass is 9.88. The first-order valence-electron chi connectivity index (χ1n) is 11.7. The van der Waals surface area contributed by atoms with Gasteiger partial charge < -0.3 is 20.9 Å². The number of hydrogen-bond acceptors (Lipinski definition) is 3. The number of amides is 2. The molecule has 1 aromatic carbocycles. The zero-order chi connectivity index (χ0) is 22.1. The van der Waals surface area contributed by atoms with Crippen molar-refractivity contribution in [2.45, 2.75) is 64.5 Å². The molecule has 178 valence electrons. The van der Waals surface area contributed by atoms with Crippen LogP contribution in [0.1, 0.15) is 67.8 Å². The minimum absolute atomic E-state index is 0. The summed E-state index contributed by atoms with van der Waals surface area (Å²) in [5, 5.41) is 9.70.